The van der Waals surface area contributed by atoms with Crippen LogP contribution in [0, 0.1) is 17.6 Å². The number of carbonyl (C=O) groups excluding carboxylic acids is 1. The van der Waals surface area contributed by atoms with E-state index >= 15 is 0 Å². The van der Waals surface area contributed by atoms with Crippen molar-refractivity contribution in [2.45, 2.75) is 13.8 Å². The highest BCUT2D eigenvalue weighted by Crippen LogP contribution is 2.21. The zero-order chi connectivity index (χ0) is 15.2. The molecular weight excluding hydrogens is 383 g/mol. The van der Waals surface area contributed by atoms with Crippen LogP contribution in [0.3, 0.4) is 0 Å². The number of hydrazone groups is 1. The number of halogens is 1. The maximum Gasteiger partial charge on any atom is 0.277 e. The minimum atomic E-state index is -0.324. The predicted octanol–water partition coefficient (Wildman–Crippen LogP) is 3.03. The number of aryl methyl sites for hydroxylation is 2. The summed E-state index contributed by atoms with van der Waals surface area (Å²) in [6.45, 7) is 3.80. The second-order valence-corrected chi connectivity index (χ2v) is 5.51. The van der Waals surface area contributed by atoms with Gasteiger partial charge in [-0.05, 0) is 59.7 Å². The zero-order valence-electron chi connectivity index (χ0n) is 11.7. The van der Waals surface area contributed by atoms with Gasteiger partial charge in [0, 0.05) is 0 Å². The second-order valence-electron chi connectivity index (χ2n) is 4.44. The Morgan fingerprint density at radius 1 is 1.33 bits per heavy atom. The van der Waals surface area contributed by atoms with Gasteiger partial charge >= 0.3 is 0 Å². The van der Waals surface area contributed by atoms with Gasteiger partial charge in [-0.1, -0.05) is 18.2 Å². The summed E-state index contributed by atoms with van der Waals surface area (Å²) in [5.41, 5.74) is 4.39. The molecule has 0 aliphatic rings. The van der Waals surface area contributed by atoms with E-state index in [1.165, 1.54) is 6.21 Å². The van der Waals surface area contributed by atoms with Gasteiger partial charge in [0.1, 0.15) is 11.5 Å². The fourth-order valence-electron chi connectivity index (χ4n) is 1.76. The first kappa shape index (κ1) is 15.6. The van der Waals surface area contributed by atoms with E-state index in [0.717, 1.165) is 20.6 Å². The molecule has 0 saturated carbocycles. The van der Waals surface area contributed by atoms with Crippen molar-refractivity contribution in [3.63, 3.8) is 0 Å². The third-order valence-electron chi connectivity index (χ3n) is 2.73. The van der Waals surface area contributed by atoms with E-state index in [4.69, 9.17) is 9.15 Å². The lowest BCUT2D eigenvalue weighted by atomic mass is 10.1. The first-order valence-corrected chi connectivity index (χ1v) is 7.40. The molecule has 0 unspecified atom stereocenters. The van der Waals surface area contributed by atoms with Gasteiger partial charge < -0.3 is 9.15 Å². The van der Waals surface area contributed by atoms with Crippen molar-refractivity contribution in [1.29, 1.82) is 0 Å². The lowest BCUT2D eigenvalue weighted by molar-refractivity contribution is -0.123. The van der Waals surface area contributed by atoms with Crippen LogP contribution in [0.1, 0.15) is 16.9 Å². The molecule has 1 heterocycles. The fraction of sp³-hybridized carbons (Fsp3) is 0.200. The molecule has 6 heteroatoms. The number of carbonyl (C=O) groups is 1. The third-order valence-corrected chi connectivity index (χ3v) is 3.31. The number of nitrogens with zero attached hydrogens (tertiary/aromatic N) is 1. The molecule has 1 aromatic carbocycles. The van der Waals surface area contributed by atoms with E-state index in [9.17, 15) is 4.79 Å². The van der Waals surface area contributed by atoms with E-state index in [-0.39, 0.29) is 12.5 Å². The average Bonchev–Trinajstić information content (AvgIpc) is 2.84. The molecule has 0 bridgehead atoms. The van der Waals surface area contributed by atoms with Crippen molar-refractivity contribution in [3.05, 3.63) is 51.0 Å². The molecule has 21 heavy (non-hydrogen) atoms. The molecule has 0 radical (unpaired) electrons. The van der Waals surface area contributed by atoms with Crippen LogP contribution in [0.5, 0.6) is 5.75 Å². The van der Waals surface area contributed by atoms with Crippen LogP contribution in [0.15, 0.2) is 39.9 Å². The number of ether oxygens (including phenoxy) is 1. The number of amides is 1. The van der Waals surface area contributed by atoms with Crippen LogP contribution < -0.4 is 10.2 Å². The molecule has 0 aliphatic heterocycles. The Kier molecular flexibility index (Phi) is 5.38. The Bertz CT molecular complexity index is 644. The Balaban J connectivity index is 1.84. The van der Waals surface area contributed by atoms with Crippen molar-refractivity contribution >= 4 is 34.7 Å². The highest BCUT2D eigenvalue weighted by Gasteiger charge is 2.06. The summed E-state index contributed by atoms with van der Waals surface area (Å²) < 4.78 is 11.6. The molecule has 2 rings (SSSR count). The quantitative estimate of drug-likeness (QED) is 0.479. The molecule has 110 valence electrons. The molecule has 0 aliphatic carbocycles. The highest BCUT2D eigenvalue weighted by molar-refractivity contribution is 14.1. The van der Waals surface area contributed by atoms with Gasteiger partial charge in [-0.2, -0.15) is 5.10 Å². The van der Waals surface area contributed by atoms with Crippen LogP contribution in [0.25, 0.3) is 0 Å². The summed E-state index contributed by atoms with van der Waals surface area (Å²) >= 11 is 2.06. The van der Waals surface area contributed by atoms with Crippen molar-refractivity contribution in [2.75, 3.05) is 6.61 Å². The van der Waals surface area contributed by atoms with Gasteiger partial charge in [0.2, 0.25) is 0 Å². The number of furan rings is 1. The Labute approximate surface area is 136 Å². The first-order chi connectivity index (χ1) is 10.1. The standard InChI is InChI=1S/C15H15IN2O3/c1-10-4-3-5-11(2)15(10)20-9-14(19)18-17-8-12-6-7-13(16)21-12/h3-8H,9H2,1-2H3,(H,18,19). The van der Waals surface area contributed by atoms with Gasteiger partial charge in [0.25, 0.3) is 5.91 Å². The molecule has 1 aromatic heterocycles. The van der Waals surface area contributed by atoms with Gasteiger partial charge in [0.15, 0.2) is 10.4 Å². The molecule has 0 atom stereocenters. The molecule has 1 amide bonds. The molecule has 5 nitrogen and oxygen atoms in total. The van der Waals surface area contributed by atoms with E-state index < -0.39 is 0 Å². The molecule has 0 saturated heterocycles. The minimum absolute atomic E-state index is 0.0846. The maximum atomic E-state index is 11.7. The van der Waals surface area contributed by atoms with Gasteiger partial charge in [-0.15, -0.1) is 0 Å². The summed E-state index contributed by atoms with van der Waals surface area (Å²) in [6, 6.07) is 9.42. The largest absolute Gasteiger partial charge is 0.483 e. The summed E-state index contributed by atoms with van der Waals surface area (Å²) in [5, 5.41) is 3.81. The van der Waals surface area contributed by atoms with Crippen molar-refractivity contribution in [2.24, 2.45) is 5.10 Å². The Morgan fingerprint density at radius 3 is 2.67 bits per heavy atom. The maximum absolute atomic E-state index is 11.7. The number of benzene rings is 1. The van der Waals surface area contributed by atoms with Crippen LogP contribution in [0.4, 0.5) is 0 Å². The number of hydrogen-bond donors (Lipinski definition) is 1. The van der Waals surface area contributed by atoms with Crippen LogP contribution in [0.2, 0.25) is 0 Å². The van der Waals surface area contributed by atoms with Crippen molar-refractivity contribution in [1.82, 2.24) is 5.43 Å². The number of para-hydroxylation sites is 1. The van der Waals surface area contributed by atoms with Crippen LogP contribution >= 0.6 is 22.6 Å². The fourth-order valence-corrected chi connectivity index (χ4v) is 2.20. The SMILES string of the molecule is Cc1cccc(C)c1OCC(=O)NN=Cc1ccc(I)o1. The Hall–Kier alpha value is -1.83. The highest BCUT2D eigenvalue weighted by atomic mass is 127. The lowest BCUT2D eigenvalue weighted by Gasteiger charge is -2.10. The van der Waals surface area contributed by atoms with E-state index in [0.29, 0.717) is 5.76 Å². The number of hydrogen-bond acceptors (Lipinski definition) is 4. The van der Waals surface area contributed by atoms with Crippen LogP contribution in [-0.4, -0.2) is 18.7 Å². The summed E-state index contributed by atoms with van der Waals surface area (Å²) in [4.78, 5) is 11.7. The number of nitrogens with one attached hydrogen (secondary N) is 1. The van der Waals surface area contributed by atoms with E-state index in [1.807, 2.05) is 38.1 Å². The summed E-state index contributed by atoms with van der Waals surface area (Å²) in [6.07, 6.45) is 1.44. The zero-order valence-corrected chi connectivity index (χ0v) is 13.9. The van der Waals surface area contributed by atoms with E-state index in [1.54, 1.807) is 6.07 Å². The molecule has 0 spiro atoms. The predicted molar refractivity (Wildman–Crippen MR) is 88.6 cm³/mol. The van der Waals surface area contributed by atoms with E-state index in [2.05, 4.69) is 33.1 Å². The molecule has 2 aromatic rings. The number of rotatable bonds is 5. The minimum Gasteiger partial charge on any atom is -0.483 e. The normalized spacial score (nSPS) is 10.8. The summed E-state index contributed by atoms with van der Waals surface area (Å²) in [7, 11) is 0. The molecular formula is C15H15IN2O3. The van der Waals surface area contributed by atoms with Crippen LogP contribution in [-0.2, 0) is 4.79 Å². The topological polar surface area (TPSA) is 63.8 Å². The summed E-state index contributed by atoms with van der Waals surface area (Å²) in [5.74, 6) is 0.989. The van der Waals surface area contributed by atoms with Gasteiger partial charge in [-0.3, -0.25) is 4.79 Å². The Morgan fingerprint density at radius 2 is 2.05 bits per heavy atom. The monoisotopic (exact) mass is 398 g/mol. The van der Waals surface area contributed by atoms with Gasteiger partial charge in [-0.25, -0.2) is 5.43 Å². The molecule has 1 N–H and O–H groups in total. The van der Waals surface area contributed by atoms with Gasteiger partial charge in [0.05, 0.1) is 6.21 Å². The van der Waals surface area contributed by atoms with Crippen molar-refractivity contribution < 1.29 is 13.9 Å². The lowest BCUT2D eigenvalue weighted by Crippen LogP contribution is -2.24. The molecule has 0 fully saturated rings. The average molecular weight is 398 g/mol. The first-order valence-electron chi connectivity index (χ1n) is 6.32. The second kappa shape index (κ2) is 7.26. The third kappa shape index (κ3) is 4.59. The van der Waals surface area contributed by atoms with Crippen molar-refractivity contribution in [3.8, 4) is 5.75 Å². The smallest absolute Gasteiger partial charge is 0.277 e.